The number of carbonyl (C=O) groups excluding carboxylic acids is 2. The van der Waals surface area contributed by atoms with Gasteiger partial charge in [0.2, 0.25) is 5.91 Å². The van der Waals surface area contributed by atoms with E-state index in [1.165, 1.54) is 11.9 Å². The van der Waals surface area contributed by atoms with Crippen LogP contribution in [0.2, 0.25) is 0 Å². The van der Waals surface area contributed by atoms with Gasteiger partial charge in [0.15, 0.2) is 0 Å². The molecule has 0 spiro atoms. The van der Waals surface area contributed by atoms with Crippen molar-refractivity contribution in [2.24, 2.45) is 0 Å². The van der Waals surface area contributed by atoms with Crippen molar-refractivity contribution in [1.29, 1.82) is 0 Å². The van der Waals surface area contributed by atoms with Crippen LogP contribution in [0.25, 0.3) is 0 Å². The van der Waals surface area contributed by atoms with Crippen LogP contribution in [0.5, 0.6) is 0 Å². The Morgan fingerprint density at radius 2 is 1.89 bits per heavy atom. The highest BCUT2D eigenvalue weighted by Crippen LogP contribution is 2.01. The molecule has 0 aromatic carbocycles. The van der Waals surface area contributed by atoms with Crippen molar-refractivity contribution in [1.82, 2.24) is 15.1 Å². The Balaban J connectivity index is 4.85. The molecule has 0 aromatic heterocycles. The third-order valence-electron chi connectivity index (χ3n) is 2.26. The smallest absolute Gasteiger partial charge is 0.323 e. The monoisotopic (exact) mass is 269 g/mol. The summed E-state index contributed by atoms with van der Waals surface area (Å²) in [7, 11) is 1.47. The summed E-state index contributed by atoms with van der Waals surface area (Å²) in [6, 6.07) is -0.550. The zero-order chi connectivity index (χ0) is 14.8. The van der Waals surface area contributed by atoms with Crippen molar-refractivity contribution in [3.05, 3.63) is 0 Å². The number of urea groups is 1. The van der Waals surface area contributed by atoms with Crippen molar-refractivity contribution < 1.29 is 19.5 Å². The zero-order valence-electron chi connectivity index (χ0n) is 11.2. The first-order valence-corrected chi connectivity index (χ1v) is 5.85. The molecule has 19 heavy (non-hydrogen) atoms. The lowest BCUT2D eigenvalue weighted by atomic mass is 10.4. The molecule has 0 saturated carbocycles. The van der Waals surface area contributed by atoms with Gasteiger partial charge in [0, 0.05) is 13.6 Å². The maximum Gasteiger partial charge on any atom is 0.323 e. The van der Waals surface area contributed by atoms with E-state index in [2.05, 4.69) is 11.2 Å². The van der Waals surface area contributed by atoms with Crippen LogP contribution >= 0.6 is 0 Å². The van der Waals surface area contributed by atoms with Crippen LogP contribution in [0, 0.1) is 12.3 Å². The summed E-state index contributed by atoms with van der Waals surface area (Å²) in [6.07, 6.45) is 5.76. The molecular weight excluding hydrogens is 250 g/mol. The minimum Gasteiger partial charge on any atom is -0.480 e. The van der Waals surface area contributed by atoms with Gasteiger partial charge >= 0.3 is 12.0 Å². The van der Waals surface area contributed by atoms with E-state index in [1.807, 2.05) is 6.92 Å². The van der Waals surface area contributed by atoms with Gasteiger partial charge in [-0.15, -0.1) is 6.42 Å². The van der Waals surface area contributed by atoms with Gasteiger partial charge in [-0.1, -0.05) is 12.8 Å². The fourth-order valence-electron chi connectivity index (χ4n) is 1.43. The van der Waals surface area contributed by atoms with Crippen LogP contribution < -0.4 is 5.32 Å². The number of hydrogen-bond donors (Lipinski definition) is 2. The third-order valence-corrected chi connectivity index (χ3v) is 2.26. The summed E-state index contributed by atoms with van der Waals surface area (Å²) >= 11 is 0. The highest BCUT2D eigenvalue weighted by Gasteiger charge is 2.23. The average molecular weight is 269 g/mol. The summed E-state index contributed by atoms with van der Waals surface area (Å²) < 4.78 is 0. The van der Waals surface area contributed by atoms with Crippen LogP contribution in [-0.2, 0) is 9.59 Å². The molecule has 0 aliphatic heterocycles. The standard InChI is InChI=1S/C12H19N3O4/c1-4-6-14(8-10(16)13-3)12(19)15(7-5-2)9-11(17)18/h2H,4,6-9H2,1,3H3,(H,13,16)(H,17,18). The molecule has 0 saturated heterocycles. The van der Waals surface area contributed by atoms with Gasteiger partial charge in [-0.2, -0.15) is 0 Å². The molecule has 3 amide bonds. The number of carbonyl (C=O) groups is 3. The predicted molar refractivity (Wildman–Crippen MR) is 69.4 cm³/mol. The number of hydrogen-bond acceptors (Lipinski definition) is 3. The molecular formula is C12H19N3O4. The van der Waals surface area contributed by atoms with Gasteiger partial charge < -0.3 is 20.2 Å². The Morgan fingerprint density at radius 1 is 1.26 bits per heavy atom. The van der Waals surface area contributed by atoms with Gasteiger partial charge in [-0.25, -0.2) is 4.79 Å². The van der Waals surface area contributed by atoms with E-state index in [4.69, 9.17) is 11.5 Å². The van der Waals surface area contributed by atoms with Gasteiger partial charge in [-0.3, -0.25) is 9.59 Å². The first kappa shape index (κ1) is 16.8. The third kappa shape index (κ3) is 6.31. The van der Waals surface area contributed by atoms with Crippen molar-refractivity contribution in [3.63, 3.8) is 0 Å². The second kappa shape index (κ2) is 8.80. The van der Waals surface area contributed by atoms with E-state index in [1.54, 1.807) is 0 Å². The number of aliphatic carboxylic acids is 1. The Kier molecular flexibility index (Phi) is 7.77. The first-order valence-electron chi connectivity index (χ1n) is 5.85. The Hall–Kier alpha value is -2.23. The van der Waals surface area contributed by atoms with Crippen LogP contribution in [-0.4, -0.2) is 66.0 Å². The Morgan fingerprint density at radius 3 is 2.32 bits per heavy atom. The van der Waals surface area contributed by atoms with Crippen LogP contribution in [0.15, 0.2) is 0 Å². The topological polar surface area (TPSA) is 90.0 Å². The maximum absolute atomic E-state index is 12.1. The molecule has 7 heteroatoms. The first-order chi connectivity index (χ1) is 8.96. The lowest BCUT2D eigenvalue weighted by Crippen LogP contribution is -2.48. The van der Waals surface area contributed by atoms with Crippen molar-refractivity contribution in [2.75, 3.05) is 33.2 Å². The number of likely N-dealkylation sites (N-methyl/N-ethyl adjacent to an activating group) is 1. The summed E-state index contributed by atoms with van der Waals surface area (Å²) in [4.78, 5) is 36.4. The summed E-state index contributed by atoms with van der Waals surface area (Å²) in [5.74, 6) is 0.759. The quantitative estimate of drug-likeness (QED) is 0.614. The molecule has 0 fully saturated rings. The van der Waals surface area contributed by atoms with Crippen molar-refractivity contribution >= 4 is 17.9 Å². The highest BCUT2D eigenvalue weighted by atomic mass is 16.4. The number of nitrogens with one attached hydrogen (secondary N) is 1. The second-order valence-electron chi connectivity index (χ2n) is 3.83. The average Bonchev–Trinajstić information content (AvgIpc) is 2.36. The summed E-state index contributed by atoms with van der Waals surface area (Å²) in [5, 5.41) is 11.2. The molecule has 0 radical (unpaired) electrons. The van der Waals surface area contributed by atoms with Crippen LogP contribution in [0.3, 0.4) is 0 Å². The van der Waals surface area contributed by atoms with Crippen molar-refractivity contribution in [3.8, 4) is 12.3 Å². The summed E-state index contributed by atoms with van der Waals surface area (Å²) in [5.41, 5.74) is 0. The van der Waals surface area contributed by atoms with Gasteiger partial charge in [0.25, 0.3) is 0 Å². The lowest BCUT2D eigenvalue weighted by molar-refractivity contribution is -0.137. The molecule has 7 nitrogen and oxygen atoms in total. The van der Waals surface area contributed by atoms with E-state index in [0.29, 0.717) is 13.0 Å². The molecule has 0 unspecified atom stereocenters. The largest absolute Gasteiger partial charge is 0.480 e. The number of rotatable bonds is 7. The van der Waals surface area contributed by atoms with E-state index < -0.39 is 18.5 Å². The molecule has 0 aromatic rings. The minimum absolute atomic E-state index is 0.112. The van der Waals surface area contributed by atoms with Gasteiger partial charge in [0.1, 0.15) is 13.1 Å². The molecule has 0 aliphatic carbocycles. The molecule has 2 N–H and O–H groups in total. The number of carboxylic acid groups (broad SMARTS) is 1. The molecule has 0 rings (SSSR count). The molecule has 0 atom stereocenters. The van der Waals surface area contributed by atoms with Gasteiger partial charge in [-0.05, 0) is 6.42 Å². The normalized spacial score (nSPS) is 9.32. The number of amides is 3. The van der Waals surface area contributed by atoms with Crippen molar-refractivity contribution in [2.45, 2.75) is 13.3 Å². The fraction of sp³-hybridized carbons (Fsp3) is 0.583. The Bertz CT molecular complexity index is 376. The molecule has 106 valence electrons. The number of carboxylic acids is 1. The SMILES string of the molecule is C#CCN(CC(=O)O)C(=O)N(CCC)CC(=O)NC. The number of nitrogens with zero attached hydrogens (tertiary/aromatic N) is 2. The lowest BCUT2D eigenvalue weighted by Gasteiger charge is -2.27. The van der Waals surface area contributed by atoms with Gasteiger partial charge in [0.05, 0.1) is 6.54 Å². The molecule has 0 heterocycles. The maximum atomic E-state index is 12.1. The second-order valence-corrected chi connectivity index (χ2v) is 3.83. The summed E-state index contributed by atoms with van der Waals surface area (Å²) in [6.45, 7) is 1.49. The molecule has 0 bridgehead atoms. The minimum atomic E-state index is -1.15. The predicted octanol–water partition coefficient (Wildman–Crippen LogP) is -0.416. The van der Waals surface area contributed by atoms with E-state index in [-0.39, 0.29) is 19.0 Å². The Labute approximate surface area is 112 Å². The zero-order valence-corrected chi connectivity index (χ0v) is 11.2. The molecule has 0 aliphatic rings. The van der Waals surface area contributed by atoms with Crippen LogP contribution in [0.1, 0.15) is 13.3 Å². The highest BCUT2D eigenvalue weighted by molar-refractivity contribution is 5.85. The van der Waals surface area contributed by atoms with E-state index >= 15 is 0 Å². The van der Waals surface area contributed by atoms with E-state index in [9.17, 15) is 14.4 Å². The van der Waals surface area contributed by atoms with E-state index in [0.717, 1.165) is 4.90 Å². The number of terminal acetylenes is 1. The van der Waals surface area contributed by atoms with Crippen LogP contribution in [0.4, 0.5) is 4.79 Å². The fourth-order valence-corrected chi connectivity index (χ4v) is 1.43.